The third kappa shape index (κ3) is 6.33. The second-order valence-corrected chi connectivity index (χ2v) is 7.90. The van der Waals surface area contributed by atoms with Gasteiger partial charge >= 0.3 is 0 Å². The maximum atomic E-state index is 12.5. The summed E-state index contributed by atoms with van der Waals surface area (Å²) < 4.78 is 34.4. The van der Waals surface area contributed by atoms with Gasteiger partial charge in [0, 0.05) is 32.7 Å². The molecule has 0 bridgehead atoms. The summed E-state index contributed by atoms with van der Waals surface area (Å²) in [6, 6.07) is 7.33. The molecule has 2 heterocycles. The molecule has 0 radical (unpaired) electrons. The molecule has 1 saturated heterocycles. The van der Waals surface area contributed by atoms with E-state index >= 15 is 0 Å². The number of ether oxygens (including phenoxy) is 1. The minimum absolute atomic E-state index is 0. The van der Waals surface area contributed by atoms with Gasteiger partial charge in [0.15, 0.2) is 0 Å². The Kier molecular flexibility index (Phi) is 10.2. The first-order valence-electron chi connectivity index (χ1n) is 8.71. The van der Waals surface area contributed by atoms with E-state index in [1.54, 1.807) is 13.2 Å². The Bertz CT molecular complexity index is 826. The lowest BCUT2D eigenvalue weighted by atomic mass is 10.3. The van der Waals surface area contributed by atoms with Crippen LogP contribution >= 0.6 is 24.8 Å². The Morgan fingerprint density at radius 1 is 1.21 bits per heavy atom. The van der Waals surface area contributed by atoms with Crippen molar-refractivity contribution in [2.45, 2.75) is 11.3 Å². The van der Waals surface area contributed by atoms with Crippen LogP contribution in [0.3, 0.4) is 0 Å². The van der Waals surface area contributed by atoms with E-state index in [2.05, 4.69) is 20.0 Å². The maximum absolute atomic E-state index is 12.5. The van der Waals surface area contributed by atoms with E-state index in [0.29, 0.717) is 18.0 Å². The number of sulfonamides is 1. The van der Waals surface area contributed by atoms with Gasteiger partial charge in [0.1, 0.15) is 16.3 Å². The molecule has 2 N–H and O–H groups in total. The Balaban J connectivity index is 0.00000196. The van der Waals surface area contributed by atoms with Crippen molar-refractivity contribution in [1.29, 1.82) is 0 Å². The van der Waals surface area contributed by atoms with Crippen molar-refractivity contribution in [3.8, 4) is 11.4 Å². The normalized spacial score (nSPS) is 14.8. The van der Waals surface area contributed by atoms with Gasteiger partial charge in [-0.3, -0.25) is 0 Å². The SMILES string of the molecule is COc1ccccc1-n1cc(S(=O)(=O)NCCCN2CCNCC2)cn1.Cl.Cl. The zero-order chi connectivity index (χ0) is 18.4. The molecule has 11 heteroatoms. The second-order valence-electron chi connectivity index (χ2n) is 6.14. The van der Waals surface area contributed by atoms with Gasteiger partial charge in [-0.15, -0.1) is 24.8 Å². The van der Waals surface area contributed by atoms with Crippen LogP contribution in [0.2, 0.25) is 0 Å². The van der Waals surface area contributed by atoms with Crippen molar-refractivity contribution < 1.29 is 13.2 Å². The summed E-state index contributed by atoms with van der Waals surface area (Å²) in [4.78, 5) is 2.48. The third-order valence-corrected chi connectivity index (χ3v) is 5.77. The highest BCUT2D eigenvalue weighted by Gasteiger charge is 2.18. The van der Waals surface area contributed by atoms with Gasteiger partial charge in [0.2, 0.25) is 10.0 Å². The Morgan fingerprint density at radius 3 is 2.64 bits per heavy atom. The van der Waals surface area contributed by atoms with Gasteiger partial charge in [0.25, 0.3) is 0 Å². The summed E-state index contributed by atoms with van der Waals surface area (Å²) in [7, 11) is -2.01. The number of hydrogen-bond donors (Lipinski definition) is 2. The van der Waals surface area contributed by atoms with E-state index in [-0.39, 0.29) is 29.7 Å². The van der Waals surface area contributed by atoms with Gasteiger partial charge in [-0.05, 0) is 25.1 Å². The monoisotopic (exact) mass is 451 g/mol. The molecule has 0 saturated carbocycles. The van der Waals surface area contributed by atoms with Crippen LogP contribution in [-0.4, -0.2) is 69.5 Å². The summed E-state index contributed by atoms with van der Waals surface area (Å²) >= 11 is 0. The van der Waals surface area contributed by atoms with E-state index in [1.165, 1.54) is 17.1 Å². The molecule has 0 unspecified atom stereocenters. The summed E-state index contributed by atoms with van der Waals surface area (Å²) in [5.41, 5.74) is 0.690. The van der Waals surface area contributed by atoms with Gasteiger partial charge in [-0.2, -0.15) is 5.10 Å². The minimum Gasteiger partial charge on any atom is -0.494 e. The summed E-state index contributed by atoms with van der Waals surface area (Å²) in [6.45, 7) is 5.31. The Hall–Kier alpha value is -1.36. The van der Waals surface area contributed by atoms with Gasteiger partial charge in [0.05, 0.1) is 19.5 Å². The van der Waals surface area contributed by atoms with Crippen molar-refractivity contribution in [3.05, 3.63) is 36.7 Å². The largest absolute Gasteiger partial charge is 0.494 e. The van der Waals surface area contributed by atoms with Crippen LogP contribution in [0.25, 0.3) is 5.69 Å². The number of methoxy groups -OCH3 is 1. The highest BCUT2D eigenvalue weighted by Crippen LogP contribution is 2.22. The molecule has 2 aromatic rings. The number of hydrogen-bond acceptors (Lipinski definition) is 6. The lowest BCUT2D eigenvalue weighted by Gasteiger charge is -2.26. The average molecular weight is 452 g/mol. The smallest absolute Gasteiger partial charge is 0.243 e. The van der Waals surface area contributed by atoms with Crippen LogP contribution in [0.15, 0.2) is 41.6 Å². The van der Waals surface area contributed by atoms with Gasteiger partial charge in [-0.25, -0.2) is 17.8 Å². The van der Waals surface area contributed by atoms with E-state index in [4.69, 9.17) is 4.74 Å². The number of halogens is 2. The molecule has 158 valence electrons. The standard InChI is InChI=1S/C17H25N5O3S.2ClH/c1-25-17-6-3-2-5-16(17)22-14-15(13-19-22)26(23,24)20-7-4-10-21-11-8-18-9-12-21;;/h2-3,5-6,13-14,18,20H,4,7-12H2,1H3;2*1H. The van der Waals surface area contributed by atoms with Crippen molar-refractivity contribution >= 4 is 34.8 Å². The van der Waals surface area contributed by atoms with Crippen molar-refractivity contribution in [1.82, 2.24) is 24.7 Å². The van der Waals surface area contributed by atoms with E-state index in [9.17, 15) is 8.42 Å². The first kappa shape index (κ1) is 24.7. The number of nitrogens with one attached hydrogen (secondary N) is 2. The molecule has 0 aliphatic carbocycles. The lowest BCUT2D eigenvalue weighted by Crippen LogP contribution is -2.44. The number of rotatable bonds is 8. The van der Waals surface area contributed by atoms with E-state index in [0.717, 1.165) is 39.1 Å². The van der Waals surface area contributed by atoms with E-state index in [1.807, 2.05) is 18.2 Å². The number of nitrogens with zero attached hydrogens (tertiary/aromatic N) is 3. The quantitative estimate of drug-likeness (QED) is 0.587. The predicted octanol–water partition coefficient (Wildman–Crippen LogP) is 1.30. The Labute approximate surface area is 178 Å². The van der Waals surface area contributed by atoms with Gasteiger partial charge in [-0.1, -0.05) is 12.1 Å². The summed E-state index contributed by atoms with van der Waals surface area (Å²) in [5, 5.41) is 7.47. The molecule has 1 aliphatic rings. The molecule has 0 atom stereocenters. The van der Waals surface area contributed by atoms with E-state index < -0.39 is 10.0 Å². The van der Waals surface area contributed by atoms with Crippen LogP contribution in [0.4, 0.5) is 0 Å². The van der Waals surface area contributed by atoms with Crippen LogP contribution in [-0.2, 0) is 10.0 Å². The molecular weight excluding hydrogens is 425 g/mol. The van der Waals surface area contributed by atoms with Crippen LogP contribution in [0, 0.1) is 0 Å². The van der Waals surface area contributed by atoms with Crippen molar-refractivity contribution in [3.63, 3.8) is 0 Å². The summed E-state index contributed by atoms with van der Waals surface area (Å²) in [6.07, 6.45) is 3.63. The van der Waals surface area contributed by atoms with Gasteiger partial charge < -0.3 is 15.0 Å². The number of para-hydroxylation sites is 2. The molecule has 3 rings (SSSR count). The zero-order valence-electron chi connectivity index (χ0n) is 15.7. The highest BCUT2D eigenvalue weighted by atomic mass is 35.5. The molecule has 1 aromatic heterocycles. The van der Waals surface area contributed by atoms with Crippen LogP contribution < -0.4 is 14.8 Å². The first-order valence-corrected chi connectivity index (χ1v) is 10.2. The second kappa shape index (κ2) is 11.6. The minimum atomic E-state index is -3.57. The average Bonchev–Trinajstić information content (AvgIpc) is 3.17. The molecule has 1 aromatic carbocycles. The maximum Gasteiger partial charge on any atom is 0.243 e. The molecule has 0 spiro atoms. The molecule has 1 aliphatic heterocycles. The number of piperazine rings is 1. The topological polar surface area (TPSA) is 88.5 Å². The Morgan fingerprint density at radius 2 is 1.93 bits per heavy atom. The van der Waals surface area contributed by atoms with Crippen molar-refractivity contribution in [2.24, 2.45) is 0 Å². The highest BCUT2D eigenvalue weighted by molar-refractivity contribution is 7.89. The zero-order valence-corrected chi connectivity index (χ0v) is 18.2. The van der Waals surface area contributed by atoms with Crippen LogP contribution in [0.5, 0.6) is 5.75 Å². The fraction of sp³-hybridized carbons (Fsp3) is 0.471. The van der Waals surface area contributed by atoms with Crippen molar-refractivity contribution in [2.75, 3.05) is 46.4 Å². The predicted molar refractivity (Wildman–Crippen MR) is 114 cm³/mol. The summed E-state index contributed by atoms with van der Waals surface area (Å²) in [5.74, 6) is 0.628. The first-order chi connectivity index (χ1) is 12.6. The van der Waals surface area contributed by atoms with Crippen LogP contribution in [0.1, 0.15) is 6.42 Å². The fourth-order valence-corrected chi connectivity index (χ4v) is 3.93. The lowest BCUT2D eigenvalue weighted by molar-refractivity contribution is 0.239. The number of benzene rings is 1. The molecule has 28 heavy (non-hydrogen) atoms. The fourth-order valence-electron chi connectivity index (χ4n) is 2.92. The third-order valence-electron chi connectivity index (χ3n) is 4.35. The number of aromatic nitrogens is 2. The molecular formula is C17H27Cl2N5O3S. The molecule has 1 fully saturated rings. The molecule has 0 amide bonds. The molecule has 8 nitrogen and oxygen atoms in total.